The zero-order valence-corrected chi connectivity index (χ0v) is 17.9. The fourth-order valence-corrected chi connectivity index (χ4v) is 3.80. The fraction of sp³-hybridized carbons (Fsp3) is 0.136. The van der Waals surface area contributed by atoms with E-state index in [1.807, 2.05) is 30.3 Å². The van der Waals surface area contributed by atoms with Gasteiger partial charge in [-0.05, 0) is 42.0 Å². The number of ether oxygens (including phenoxy) is 2. The summed E-state index contributed by atoms with van der Waals surface area (Å²) in [5.74, 6) is 1.03. The van der Waals surface area contributed by atoms with Gasteiger partial charge in [0.25, 0.3) is 0 Å². The molecule has 0 atom stereocenters. The Kier molecular flexibility index (Phi) is 7.11. The minimum absolute atomic E-state index is 0.106. The van der Waals surface area contributed by atoms with E-state index in [4.69, 9.17) is 9.47 Å². The van der Waals surface area contributed by atoms with E-state index in [1.54, 1.807) is 18.2 Å². The lowest BCUT2D eigenvalue weighted by Crippen LogP contribution is -2.23. The van der Waals surface area contributed by atoms with Crippen LogP contribution in [0.25, 0.3) is 0 Å². The van der Waals surface area contributed by atoms with E-state index in [-0.39, 0.29) is 11.4 Å². The molecule has 0 saturated heterocycles. The molecule has 9 heteroatoms. The number of carbonyl (C=O) groups excluding carboxylic acids is 1. The van der Waals surface area contributed by atoms with Gasteiger partial charge in [0.05, 0.1) is 19.1 Å². The number of anilines is 2. The molecule has 3 N–H and O–H groups in total. The molecule has 8 nitrogen and oxygen atoms in total. The van der Waals surface area contributed by atoms with Crippen LogP contribution in [0.3, 0.4) is 0 Å². The van der Waals surface area contributed by atoms with Gasteiger partial charge in [0, 0.05) is 24.0 Å². The molecule has 0 aliphatic rings. The molecule has 3 aromatic carbocycles. The van der Waals surface area contributed by atoms with Gasteiger partial charge in [-0.2, -0.15) is 0 Å². The molecule has 162 valence electrons. The third-order valence-electron chi connectivity index (χ3n) is 4.37. The highest BCUT2D eigenvalue weighted by atomic mass is 32.2. The molecule has 3 rings (SSSR count). The van der Waals surface area contributed by atoms with Crippen molar-refractivity contribution < 1.29 is 22.7 Å². The first-order chi connectivity index (χ1) is 14.9. The number of rotatable bonds is 8. The second-order valence-electron chi connectivity index (χ2n) is 6.48. The predicted octanol–water partition coefficient (Wildman–Crippen LogP) is 3.83. The largest absolute Gasteiger partial charge is 0.493 e. The topological polar surface area (TPSA) is 106 Å². The van der Waals surface area contributed by atoms with Crippen LogP contribution in [0, 0.1) is 0 Å². The van der Waals surface area contributed by atoms with Crippen LogP contribution in [0.15, 0.2) is 77.7 Å². The SMILES string of the molecule is COc1ccc(NC(=O)Nc2ccc(S(=O)(=O)NCc3ccccc3)cc2)cc1OC. The quantitative estimate of drug-likeness (QED) is 0.493. The van der Waals surface area contributed by atoms with Crippen LogP contribution >= 0.6 is 0 Å². The second-order valence-corrected chi connectivity index (χ2v) is 8.25. The Bertz CT molecular complexity index is 1130. The first kappa shape index (κ1) is 22.1. The van der Waals surface area contributed by atoms with Gasteiger partial charge in [0.15, 0.2) is 11.5 Å². The van der Waals surface area contributed by atoms with E-state index >= 15 is 0 Å². The summed E-state index contributed by atoms with van der Waals surface area (Å²) in [7, 11) is -0.638. The maximum absolute atomic E-state index is 12.5. The number of amides is 2. The summed E-state index contributed by atoms with van der Waals surface area (Å²) in [6.07, 6.45) is 0. The van der Waals surface area contributed by atoms with Crippen LogP contribution in [0.2, 0.25) is 0 Å². The Morgan fingerprint density at radius 3 is 2.06 bits per heavy atom. The lowest BCUT2D eigenvalue weighted by Gasteiger charge is -2.12. The maximum Gasteiger partial charge on any atom is 0.323 e. The van der Waals surface area contributed by atoms with Crippen molar-refractivity contribution in [3.63, 3.8) is 0 Å². The van der Waals surface area contributed by atoms with Gasteiger partial charge in [-0.25, -0.2) is 17.9 Å². The average Bonchev–Trinajstić information content (AvgIpc) is 2.78. The Morgan fingerprint density at radius 2 is 1.42 bits per heavy atom. The molecular formula is C22H23N3O5S. The van der Waals surface area contributed by atoms with Gasteiger partial charge in [-0.15, -0.1) is 0 Å². The Morgan fingerprint density at radius 1 is 0.806 bits per heavy atom. The van der Waals surface area contributed by atoms with Gasteiger partial charge >= 0.3 is 6.03 Å². The first-order valence-corrected chi connectivity index (χ1v) is 10.8. The fourth-order valence-electron chi connectivity index (χ4n) is 2.78. The smallest absolute Gasteiger partial charge is 0.323 e. The average molecular weight is 442 g/mol. The molecule has 0 fully saturated rings. The predicted molar refractivity (Wildman–Crippen MR) is 119 cm³/mol. The van der Waals surface area contributed by atoms with Crippen molar-refractivity contribution in [3.05, 3.63) is 78.4 Å². The normalized spacial score (nSPS) is 10.9. The minimum atomic E-state index is -3.67. The van der Waals surface area contributed by atoms with Crippen LogP contribution in [-0.4, -0.2) is 28.7 Å². The van der Waals surface area contributed by atoms with Crippen molar-refractivity contribution in [3.8, 4) is 11.5 Å². The Hall–Kier alpha value is -3.56. The number of urea groups is 1. The summed E-state index contributed by atoms with van der Waals surface area (Å²) in [6.45, 7) is 0.191. The van der Waals surface area contributed by atoms with Crippen LogP contribution in [0.4, 0.5) is 16.2 Å². The second kappa shape index (κ2) is 9.96. The molecule has 31 heavy (non-hydrogen) atoms. The number of hydrogen-bond donors (Lipinski definition) is 3. The number of hydrogen-bond acceptors (Lipinski definition) is 5. The third-order valence-corrected chi connectivity index (χ3v) is 5.79. The van der Waals surface area contributed by atoms with Crippen LogP contribution in [0.5, 0.6) is 11.5 Å². The monoisotopic (exact) mass is 441 g/mol. The van der Waals surface area contributed by atoms with Crippen LogP contribution in [0.1, 0.15) is 5.56 Å². The van der Waals surface area contributed by atoms with Crippen molar-refractivity contribution in [2.24, 2.45) is 0 Å². The molecule has 2 amide bonds. The van der Waals surface area contributed by atoms with E-state index in [1.165, 1.54) is 38.5 Å². The lowest BCUT2D eigenvalue weighted by molar-refractivity contribution is 0.262. The number of sulfonamides is 1. The number of benzene rings is 3. The first-order valence-electron chi connectivity index (χ1n) is 9.35. The number of carbonyl (C=O) groups is 1. The van der Waals surface area contributed by atoms with E-state index in [0.29, 0.717) is 22.9 Å². The Labute approximate surface area is 181 Å². The summed E-state index contributed by atoms with van der Waals surface area (Å²) in [5.41, 5.74) is 1.82. The molecule has 0 bridgehead atoms. The molecule has 0 unspecified atom stereocenters. The van der Waals surface area contributed by atoms with Crippen molar-refractivity contribution in [1.82, 2.24) is 4.72 Å². The number of methoxy groups -OCH3 is 2. The molecular weight excluding hydrogens is 418 g/mol. The summed E-state index contributed by atoms with van der Waals surface area (Å²) < 4.78 is 37.9. The molecule has 0 aliphatic carbocycles. The van der Waals surface area contributed by atoms with Gasteiger partial charge < -0.3 is 20.1 Å². The summed E-state index contributed by atoms with van der Waals surface area (Å²) in [6, 6.07) is 19.6. The molecule has 3 aromatic rings. The minimum Gasteiger partial charge on any atom is -0.493 e. The Balaban J connectivity index is 1.60. The molecule has 0 spiro atoms. The van der Waals surface area contributed by atoms with E-state index < -0.39 is 16.1 Å². The third kappa shape index (κ3) is 5.97. The van der Waals surface area contributed by atoms with Crippen molar-refractivity contribution in [2.45, 2.75) is 11.4 Å². The van der Waals surface area contributed by atoms with E-state index in [9.17, 15) is 13.2 Å². The summed E-state index contributed by atoms with van der Waals surface area (Å²) in [5, 5.41) is 5.34. The molecule has 0 heterocycles. The molecule has 0 saturated carbocycles. The highest BCUT2D eigenvalue weighted by molar-refractivity contribution is 7.89. The zero-order chi connectivity index (χ0) is 22.3. The van der Waals surface area contributed by atoms with Gasteiger partial charge in [0.1, 0.15) is 0 Å². The van der Waals surface area contributed by atoms with Gasteiger partial charge in [-0.3, -0.25) is 0 Å². The van der Waals surface area contributed by atoms with Gasteiger partial charge in [-0.1, -0.05) is 30.3 Å². The zero-order valence-electron chi connectivity index (χ0n) is 17.1. The van der Waals surface area contributed by atoms with Crippen molar-refractivity contribution in [2.75, 3.05) is 24.9 Å². The standard InChI is InChI=1S/C22H23N3O5S/c1-29-20-13-10-18(14-21(20)30-2)25-22(26)24-17-8-11-19(12-9-17)31(27,28)23-15-16-6-4-3-5-7-16/h3-14,23H,15H2,1-2H3,(H2,24,25,26). The van der Waals surface area contributed by atoms with E-state index in [2.05, 4.69) is 15.4 Å². The van der Waals surface area contributed by atoms with Crippen molar-refractivity contribution in [1.29, 1.82) is 0 Å². The van der Waals surface area contributed by atoms with Crippen LogP contribution in [-0.2, 0) is 16.6 Å². The lowest BCUT2D eigenvalue weighted by atomic mass is 10.2. The highest BCUT2D eigenvalue weighted by Gasteiger charge is 2.14. The van der Waals surface area contributed by atoms with Crippen LogP contribution < -0.4 is 24.8 Å². The maximum atomic E-state index is 12.5. The summed E-state index contributed by atoms with van der Waals surface area (Å²) >= 11 is 0. The molecule has 0 aliphatic heterocycles. The van der Waals surface area contributed by atoms with E-state index in [0.717, 1.165) is 5.56 Å². The van der Waals surface area contributed by atoms with Gasteiger partial charge in [0.2, 0.25) is 10.0 Å². The molecule has 0 aromatic heterocycles. The number of nitrogens with one attached hydrogen (secondary N) is 3. The molecule has 0 radical (unpaired) electrons. The highest BCUT2D eigenvalue weighted by Crippen LogP contribution is 2.29. The summed E-state index contributed by atoms with van der Waals surface area (Å²) in [4.78, 5) is 12.4. The van der Waals surface area contributed by atoms with Crippen molar-refractivity contribution >= 4 is 27.4 Å².